The van der Waals surface area contributed by atoms with E-state index in [0.29, 0.717) is 6.54 Å². The smallest absolute Gasteiger partial charge is 0.224 e. The monoisotopic (exact) mass is 409 g/mol. The maximum atomic E-state index is 12.5. The molecule has 6 heteroatoms. The van der Waals surface area contributed by atoms with Crippen LogP contribution in [-0.2, 0) is 11.2 Å². The zero-order valence-corrected chi connectivity index (χ0v) is 17.4. The first kappa shape index (κ1) is 23.3. The highest BCUT2D eigenvalue weighted by molar-refractivity contribution is 5.85. The highest BCUT2D eigenvalue weighted by Crippen LogP contribution is 2.29. The second-order valence-corrected chi connectivity index (χ2v) is 6.89. The molecule has 148 valence electrons. The molecule has 27 heavy (non-hydrogen) atoms. The van der Waals surface area contributed by atoms with Crippen LogP contribution < -0.4 is 16.0 Å². The van der Waals surface area contributed by atoms with Crippen LogP contribution in [0.15, 0.2) is 54.6 Å². The predicted octanol–water partition coefficient (Wildman–Crippen LogP) is 3.73. The lowest BCUT2D eigenvalue weighted by molar-refractivity contribution is -0.125. The van der Waals surface area contributed by atoms with Gasteiger partial charge in [0.2, 0.25) is 5.91 Å². The van der Waals surface area contributed by atoms with E-state index in [-0.39, 0.29) is 48.7 Å². The second kappa shape index (κ2) is 10.5. The summed E-state index contributed by atoms with van der Waals surface area (Å²) in [7, 11) is 0. The van der Waals surface area contributed by atoms with E-state index in [2.05, 4.69) is 41.4 Å². The van der Waals surface area contributed by atoms with Crippen LogP contribution in [0.3, 0.4) is 0 Å². The summed E-state index contributed by atoms with van der Waals surface area (Å²) in [6, 6.07) is 18.3. The van der Waals surface area contributed by atoms with Gasteiger partial charge in [0.1, 0.15) is 0 Å². The first-order valence-electron chi connectivity index (χ1n) is 9.00. The fraction of sp³-hybridized carbons (Fsp3) is 0.381. The highest BCUT2D eigenvalue weighted by Gasteiger charge is 2.25. The third kappa shape index (κ3) is 5.38. The summed E-state index contributed by atoms with van der Waals surface area (Å²) in [6.07, 6.45) is 1.07. The lowest BCUT2D eigenvalue weighted by Gasteiger charge is -2.28. The molecule has 0 saturated heterocycles. The molecule has 0 saturated carbocycles. The molecule has 0 aromatic heterocycles. The zero-order chi connectivity index (χ0) is 17.8. The van der Waals surface area contributed by atoms with Gasteiger partial charge in [0.25, 0.3) is 0 Å². The fourth-order valence-electron chi connectivity index (χ4n) is 3.47. The van der Waals surface area contributed by atoms with Gasteiger partial charge in [-0.2, -0.15) is 0 Å². The van der Waals surface area contributed by atoms with E-state index in [4.69, 9.17) is 5.73 Å². The minimum absolute atomic E-state index is 0. The lowest BCUT2D eigenvalue weighted by Crippen LogP contribution is -2.44. The summed E-state index contributed by atoms with van der Waals surface area (Å²) < 4.78 is 0. The van der Waals surface area contributed by atoms with Gasteiger partial charge in [-0.3, -0.25) is 4.79 Å². The molecule has 1 amide bonds. The summed E-state index contributed by atoms with van der Waals surface area (Å²) in [4.78, 5) is 14.9. The van der Waals surface area contributed by atoms with Crippen LogP contribution >= 0.6 is 24.8 Å². The van der Waals surface area contributed by atoms with Crippen molar-refractivity contribution in [2.45, 2.75) is 32.4 Å². The van der Waals surface area contributed by atoms with Crippen molar-refractivity contribution in [2.24, 2.45) is 11.7 Å². The number of rotatable bonds is 6. The Bertz CT molecular complexity index is 726. The number of anilines is 1. The molecule has 1 heterocycles. The zero-order valence-electron chi connectivity index (χ0n) is 15.8. The number of benzene rings is 2. The van der Waals surface area contributed by atoms with E-state index >= 15 is 0 Å². The number of nitrogens with zero attached hydrogens (tertiary/aromatic N) is 1. The van der Waals surface area contributed by atoms with Crippen molar-refractivity contribution in [3.8, 4) is 0 Å². The van der Waals surface area contributed by atoms with E-state index < -0.39 is 0 Å². The van der Waals surface area contributed by atoms with Crippen LogP contribution in [0, 0.1) is 5.92 Å². The Morgan fingerprint density at radius 1 is 1.07 bits per heavy atom. The summed E-state index contributed by atoms with van der Waals surface area (Å²) in [5.74, 6) is -0.254. The third-order valence-corrected chi connectivity index (χ3v) is 5.16. The molecule has 1 aliphatic rings. The SMILES string of the molecule is CC(C(=O)NCC(C)N1CCc2ccccc21)C(N)c1ccccc1.Cl.Cl. The van der Waals surface area contributed by atoms with Gasteiger partial charge in [-0.25, -0.2) is 0 Å². The minimum Gasteiger partial charge on any atom is -0.366 e. The van der Waals surface area contributed by atoms with Gasteiger partial charge in [0.15, 0.2) is 0 Å². The second-order valence-electron chi connectivity index (χ2n) is 6.89. The van der Waals surface area contributed by atoms with Gasteiger partial charge in [-0.1, -0.05) is 55.5 Å². The summed E-state index contributed by atoms with van der Waals surface area (Å²) in [6.45, 7) is 5.68. The van der Waals surface area contributed by atoms with E-state index in [1.165, 1.54) is 11.3 Å². The number of hydrogen-bond acceptors (Lipinski definition) is 3. The largest absolute Gasteiger partial charge is 0.366 e. The van der Waals surface area contributed by atoms with Gasteiger partial charge in [0.05, 0.1) is 5.92 Å². The molecule has 1 aliphatic heterocycles. The quantitative estimate of drug-likeness (QED) is 0.763. The van der Waals surface area contributed by atoms with Crippen LogP contribution in [0.25, 0.3) is 0 Å². The third-order valence-electron chi connectivity index (χ3n) is 5.16. The number of nitrogens with one attached hydrogen (secondary N) is 1. The van der Waals surface area contributed by atoms with Crippen molar-refractivity contribution in [3.05, 3.63) is 65.7 Å². The fourth-order valence-corrected chi connectivity index (χ4v) is 3.47. The molecular formula is C21H29Cl2N3O. The molecule has 3 unspecified atom stereocenters. The Balaban J connectivity index is 0.00000182. The van der Waals surface area contributed by atoms with E-state index in [1.54, 1.807) is 0 Å². The van der Waals surface area contributed by atoms with E-state index in [9.17, 15) is 4.79 Å². The van der Waals surface area contributed by atoms with Gasteiger partial charge < -0.3 is 16.0 Å². The number of para-hydroxylation sites is 1. The summed E-state index contributed by atoms with van der Waals surface area (Å²) in [5.41, 5.74) is 9.93. The number of amides is 1. The van der Waals surface area contributed by atoms with Crippen LogP contribution in [0.2, 0.25) is 0 Å². The molecule has 0 fully saturated rings. The van der Waals surface area contributed by atoms with Crippen LogP contribution in [0.5, 0.6) is 0 Å². The van der Waals surface area contributed by atoms with E-state index in [1.807, 2.05) is 37.3 Å². The maximum Gasteiger partial charge on any atom is 0.224 e. The first-order valence-corrected chi connectivity index (χ1v) is 9.00. The first-order chi connectivity index (χ1) is 12.1. The maximum absolute atomic E-state index is 12.5. The Morgan fingerprint density at radius 3 is 2.41 bits per heavy atom. The highest BCUT2D eigenvalue weighted by atomic mass is 35.5. The van der Waals surface area contributed by atoms with Gasteiger partial charge in [-0.15, -0.1) is 24.8 Å². The van der Waals surface area contributed by atoms with Crippen molar-refractivity contribution in [3.63, 3.8) is 0 Å². The van der Waals surface area contributed by atoms with Crippen LogP contribution in [0.4, 0.5) is 5.69 Å². The molecule has 0 aliphatic carbocycles. The average molecular weight is 410 g/mol. The van der Waals surface area contributed by atoms with Gasteiger partial charge in [-0.05, 0) is 30.5 Å². The minimum atomic E-state index is -0.288. The summed E-state index contributed by atoms with van der Waals surface area (Å²) in [5, 5.41) is 3.08. The number of fused-ring (bicyclic) bond motifs is 1. The number of carbonyl (C=O) groups is 1. The Hall–Kier alpha value is -1.75. The molecule has 0 spiro atoms. The Kier molecular flexibility index (Phi) is 9.10. The lowest BCUT2D eigenvalue weighted by atomic mass is 9.94. The molecule has 0 bridgehead atoms. The van der Waals surface area contributed by atoms with Gasteiger partial charge >= 0.3 is 0 Å². The average Bonchev–Trinajstić information content (AvgIpc) is 3.09. The molecular weight excluding hydrogens is 381 g/mol. The van der Waals surface area contributed by atoms with Crippen molar-refractivity contribution < 1.29 is 4.79 Å². The number of halogens is 2. The topological polar surface area (TPSA) is 58.4 Å². The molecule has 2 aromatic carbocycles. The van der Waals surface area contributed by atoms with Crippen LogP contribution in [-0.4, -0.2) is 25.0 Å². The van der Waals surface area contributed by atoms with Crippen molar-refractivity contribution in [2.75, 3.05) is 18.0 Å². The van der Waals surface area contributed by atoms with Gasteiger partial charge in [0, 0.05) is 30.9 Å². The number of carbonyl (C=O) groups excluding carboxylic acids is 1. The summed E-state index contributed by atoms with van der Waals surface area (Å²) >= 11 is 0. The van der Waals surface area contributed by atoms with Crippen molar-refractivity contribution in [1.29, 1.82) is 0 Å². The molecule has 4 nitrogen and oxygen atoms in total. The van der Waals surface area contributed by atoms with Crippen molar-refractivity contribution in [1.82, 2.24) is 5.32 Å². The molecule has 3 atom stereocenters. The number of nitrogens with two attached hydrogens (primary N) is 1. The molecule has 2 aromatic rings. The molecule has 3 rings (SSSR count). The molecule has 3 N–H and O–H groups in total. The molecule has 0 radical (unpaired) electrons. The van der Waals surface area contributed by atoms with Crippen molar-refractivity contribution >= 4 is 36.4 Å². The predicted molar refractivity (Wildman–Crippen MR) is 117 cm³/mol. The van der Waals surface area contributed by atoms with Crippen LogP contribution in [0.1, 0.15) is 31.0 Å². The Labute approximate surface area is 174 Å². The van der Waals surface area contributed by atoms with E-state index in [0.717, 1.165) is 18.5 Å². The Morgan fingerprint density at radius 2 is 1.70 bits per heavy atom. The normalized spacial score (nSPS) is 15.6. The standard InChI is InChI=1S/C21H27N3O.2ClH/c1-15(24-13-12-17-8-6-7-11-19(17)24)14-23-21(25)16(2)20(22)18-9-4-3-5-10-18;;/h3-11,15-16,20H,12-14,22H2,1-2H3,(H,23,25);2*1H. The number of hydrogen-bond donors (Lipinski definition) is 2.